The third kappa shape index (κ3) is 2.66. The number of nitrogens with two attached hydrogens (primary N) is 1. The summed E-state index contributed by atoms with van der Waals surface area (Å²) in [5.41, 5.74) is 2.16. The Bertz CT molecular complexity index is 828. The van der Waals surface area contributed by atoms with Gasteiger partial charge in [-0.15, -0.1) is 0 Å². The number of benzene rings is 1. The molecule has 0 amide bonds. The molecular formula is C14H19N3O3S. The summed E-state index contributed by atoms with van der Waals surface area (Å²) in [7, 11) is -1.93. The van der Waals surface area contributed by atoms with Gasteiger partial charge in [-0.2, -0.15) is 0 Å². The molecule has 0 spiro atoms. The van der Waals surface area contributed by atoms with Gasteiger partial charge in [-0.05, 0) is 37.1 Å². The van der Waals surface area contributed by atoms with E-state index in [1.54, 1.807) is 23.9 Å². The minimum atomic E-state index is -3.73. The van der Waals surface area contributed by atoms with Gasteiger partial charge in [0.25, 0.3) is 5.56 Å². The molecular weight excluding hydrogens is 290 g/mol. The molecule has 0 saturated carbocycles. The number of sulfonamides is 1. The van der Waals surface area contributed by atoms with Gasteiger partial charge in [0.2, 0.25) is 10.0 Å². The average molecular weight is 309 g/mol. The lowest BCUT2D eigenvalue weighted by molar-refractivity contribution is 0.597. The van der Waals surface area contributed by atoms with E-state index in [0.29, 0.717) is 5.69 Å². The molecule has 0 saturated heterocycles. The van der Waals surface area contributed by atoms with Crippen LogP contribution in [-0.4, -0.2) is 17.8 Å². The van der Waals surface area contributed by atoms with Gasteiger partial charge in [-0.25, -0.2) is 18.2 Å². The zero-order valence-electron chi connectivity index (χ0n) is 12.5. The van der Waals surface area contributed by atoms with Crippen LogP contribution in [0.4, 0.5) is 0 Å². The normalized spacial score (nSPS) is 12.1. The standard InChI is InChI=1S/C14H19N3O3S/c1-9(2)13-10(3)16(4)17(14(13)18)11-5-7-12(8-6-11)21(15,19)20/h5-9H,1-4H3,(H2,15,19,20). The third-order valence-electron chi connectivity index (χ3n) is 3.59. The van der Waals surface area contributed by atoms with Crippen LogP contribution in [0.3, 0.4) is 0 Å². The first-order valence-corrected chi connectivity index (χ1v) is 8.11. The first kappa shape index (κ1) is 15.5. The number of hydrogen-bond acceptors (Lipinski definition) is 3. The minimum Gasteiger partial charge on any atom is -0.285 e. The Morgan fingerprint density at radius 1 is 1.14 bits per heavy atom. The summed E-state index contributed by atoms with van der Waals surface area (Å²) in [4.78, 5) is 12.6. The van der Waals surface area contributed by atoms with Crippen LogP contribution in [0, 0.1) is 6.92 Å². The van der Waals surface area contributed by atoms with Crippen molar-refractivity contribution < 1.29 is 8.42 Å². The molecule has 2 rings (SSSR count). The molecule has 114 valence electrons. The second-order valence-corrected chi connectivity index (χ2v) is 6.89. The van der Waals surface area contributed by atoms with Crippen LogP contribution in [0.5, 0.6) is 0 Å². The maximum Gasteiger partial charge on any atom is 0.275 e. The SMILES string of the molecule is Cc1c(C(C)C)c(=O)n(-c2ccc(S(N)(=O)=O)cc2)n1C. The molecule has 21 heavy (non-hydrogen) atoms. The summed E-state index contributed by atoms with van der Waals surface area (Å²) >= 11 is 0. The van der Waals surface area contributed by atoms with E-state index in [2.05, 4.69) is 0 Å². The van der Waals surface area contributed by atoms with E-state index >= 15 is 0 Å². The Morgan fingerprint density at radius 3 is 2.05 bits per heavy atom. The number of rotatable bonds is 3. The molecule has 0 fully saturated rings. The Kier molecular flexibility index (Phi) is 3.81. The fourth-order valence-corrected chi connectivity index (χ4v) is 2.98. The molecule has 0 unspecified atom stereocenters. The van der Waals surface area contributed by atoms with E-state index in [9.17, 15) is 13.2 Å². The summed E-state index contributed by atoms with van der Waals surface area (Å²) in [6, 6.07) is 5.94. The lowest BCUT2D eigenvalue weighted by atomic mass is 10.0. The molecule has 6 nitrogen and oxygen atoms in total. The zero-order valence-corrected chi connectivity index (χ0v) is 13.3. The van der Waals surface area contributed by atoms with E-state index in [4.69, 9.17) is 5.14 Å². The smallest absolute Gasteiger partial charge is 0.275 e. The quantitative estimate of drug-likeness (QED) is 0.925. The Labute approximate surface area is 123 Å². The number of primary sulfonamides is 1. The van der Waals surface area contributed by atoms with Crippen LogP contribution in [0.2, 0.25) is 0 Å². The maximum atomic E-state index is 12.5. The van der Waals surface area contributed by atoms with Gasteiger partial charge in [-0.1, -0.05) is 13.8 Å². The molecule has 2 aromatic rings. The van der Waals surface area contributed by atoms with Crippen LogP contribution >= 0.6 is 0 Å². The van der Waals surface area contributed by atoms with Crippen LogP contribution < -0.4 is 10.7 Å². The van der Waals surface area contributed by atoms with Crippen molar-refractivity contribution in [3.63, 3.8) is 0 Å². The highest BCUT2D eigenvalue weighted by Crippen LogP contribution is 2.18. The van der Waals surface area contributed by atoms with Crippen LogP contribution in [0.25, 0.3) is 5.69 Å². The fourth-order valence-electron chi connectivity index (χ4n) is 2.46. The summed E-state index contributed by atoms with van der Waals surface area (Å²) in [6.07, 6.45) is 0. The second-order valence-electron chi connectivity index (χ2n) is 5.33. The van der Waals surface area contributed by atoms with Gasteiger partial charge in [-0.3, -0.25) is 9.48 Å². The molecule has 0 aliphatic rings. The highest BCUT2D eigenvalue weighted by molar-refractivity contribution is 7.89. The predicted octanol–water partition coefficient (Wildman–Crippen LogP) is 1.26. The van der Waals surface area contributed by atoms with Crippen molar-refractivity contribution in [2.24, 2.45) is 12.2 Å². The Morgan fingerprint density at radius 2 is 1.67 bits per heavy atom. The van der Waals surface area contributed by atoms with Gasteiger partial charge in [0, 0.05) is 18.3 Å². The predicted molar refractivity (Wildman–Crippen MR) is 81.2 cm³/mol. The minimum absolute atomic E-state index is 0.0225. The van der Waals surface area contributed by atoms with Crippen molar-refractivity contribution in [1.29, 1.82) is 0 Å². The van der Waals surface area contributed by atoms with Gasteiger partial charge in [0.1, 0.15) is 0 Å². The van der Waals surface area contributed by atoms with E-state index in [1.165, 1.54) is 16.8 Å². The molecule has 1 heterocycles. The van der Waals surface area contributed by atoms with Gasteiger partial charge in [0.15, 0.2) is 0 Å². The van der Waals surface area contributed by atoms with Crippen LogP contribution in [-0.2, 0) is 17.1 Å². The molecule has 2 N–H and O–H groups in total. The highest BCUT2D eigenvalue weighted by atomic mass is 32.2. The summed E-state index contributed by atoms with van der Waals surface area (Å²) < 4.78 is 25.8. The molecule has 7 heteroatoms. The van der Waals surface area contributed by atoms with Crippen LogP contribution in [0.1, 0.15) is 31.0 Å². The lowest BCUT2D eigenvalue weighted by Gasteiger charge is -2.08. The number of hydrogen-bond donors (Lipinski definition) is 1. The summed E-state index contributed by atoms with van der Waals surface area (Å²) in [6.45, 7) is 5.84. The third-order valence-corrected chi connectivity index (χ3v) is 4.51. The van der Waals surface area contributed by atoms with E-state index < -0.39 is 10.0 Å². The summed E-state index contributed by atoms with van der Waals surface area (Å²) in [5, 5.41) is 5.07. The molecule has 0 radical (unpaired) electrons. The zero-order chi connectivity index (χ0) is 15.9. The van der Waals surface area contributed by atoms with E-state index in [1.807, 2.05) is 20.8 Å². The molecule has 0 bridgehead atoms. The van der Waals surface area contributed by atoms with Gasteiger partial charge < -0.3 is 0 Å². The first-order chi connectivity index (χ1) is 9.64. The largest absolute Gasteiger partial charge is 0.285 e. The summed E-state index contributed by atoms with van der Waals surface area (Å²) in [5.74, 6) is 0.119. The maximum absolute atomic E-state index is 12.5. The lowest BCUT2D eigenvalue weighted by Crippen LogP contribution is -2.21. The van der Waals surface area contributed by atoms with Crippen molar-refractivity contribution in [1.82, 2.24) is 9.36 Å². The Hall–Kier alpha value is -1.86. The average Bonchev–Trinajstić information content (AvgIpc) is 2.59. The van der Waals surface area contributed by atoms with E-state index in [0.717, 1.165) is 11.3 Å². The first-order valence-electron chi connectivity index (χ1n) is 6.56. The number of nitrogens with zero attached hydrogens (tertiary/aromatic N) is 2. The van der Waals surface area contributed by atoms with Crippen molar-refractivity contribution in [2.75, 3.05) is 0 Å². The van der Waals surface area contributed by atoms with Crippen molar-refractivity contribution in [2.45, 2.75) is 31.6 Å². The highest BCUT2D eigenvalue weighted by Gasteiger charge is 2.18. The monoisotopic (exact) mass is 309 g/mol. The second kappa shape index (κ2) is 5.16. The van der Waals surface area contributed by atoms with E-state index in [-0.39, 0.29) is 16.4 Å². The molecule has 1 aromatic heterocycles. The van der Waals surface area contributed by atoms with Gasteiger partial charge in [0.05, 0.1) is 10.6 Å². The molecule has 1 aromatic carbocycles. The topological polar surface area (TPSA) is 87.1 Å². The molecule has 0 atom stereocenters. The van der Waals surface area contributed by atoms with Gasteiger partial charge >= 0.3 is 0 Å². The van der Waals surface area contributed by atoms with Crippen molar-refractivity contribution in [3.05, 3.63) is 45.9 Å². The van der Waals surface area contributed by atoms with Crippen molar-refractivity contribution in [3.8, 4) is 5.69 Å². The Balaban J connectivity index is 2.64. The van der Waals surface area contributed by atoms with Crippen molar-refractivity contribution >= 4 is 10.0 Å². The fraction of sp³-hybridized carbons (Fsp3) is 0.357. The van der Waals surface area contributed by atoms with Crippen LogP contribution in [0.15, 0.2) is 34.0 Å². The molecule has 0 aliphatic carbocycles. The number of aromatic nitrogens is 2. The molecule has 0 aliphatic heterocycles.